The first-order chi connectivity index (χ1) is 16.4. The number of sulfone groups is 1. The molecule has 2 unspecified atom stereocenters. The number of carboxylic acids is 1. The Balaban J connectivity index is 1.93. The van der Waals surface area contributed by atoms with E-state index in [0.29, 0.717) is 16.5 Å². The fourth-order valence-corrected chi connectivity index (χ4v) is 6.86. The highest BCUT2D eigenvalue weighted by Crippen LogP contribution is 2.54. The minimum atomic E-state index is -3.42. The first-order valence-electron chi connectivity index (χ1n) is 11.6. The number of likely N-dealkylation sites (tertiary alicyclic amines) is 1. The lowest BCUT2D eigenvalue weighted by molar-refractivity contribution is -0.160. The monoisotopic (exact) mass is 537 g/mol. The summed E-state index contributed by atoms with van der Waals surface area (Å²) in [6.07, 6.45) is 2.78. The van der Waals surface area contributed by atoms with Crippen LogP contribution in [0.2, 0.25) is 10.0 Å². The van der Waals surface area contributed by atoms with Gasteiger partial charge in [0.15, 0.2) is 0 Å². The van der Waals surface area contributed by atoms with Crippen LogP contribution < -0.4 is 0 Å². The third kappa shape index (κ3) is 5.84. The predicted molar refractivity (Wildman–Crippen MR) is 136 cm³/mol. The summed E-state index contributed by atoms with van der Waals surface area (Å²) in [5, 5.41) is 10.8. The van der Waals surface area contributed by atoms with Crippen molar-refractivity contribution in [2.75, 3.05) is 12.0 Å². The summed E-state index contributed by atoms with van der Waals surface area (Å²) >= 11 is 12.5. The minimum absolute atomic E-state index is 0.0515. The van der Waals surface area contributed by atoms with Gasteiger partial charge in [0, 0.05) is 28.3 Å². The number of aliphatic carboxylic acids is 1. The highest BCUT2D eigenvalue weighted by molar-refractivity contribution is 7.90. The first kappa shape index (κ1) is 26.0. The van der Waals surface area contributed by atoms with E-state index in [2.05, 4.69) is 0 Å². The number of hydrogen-bond donors (Lipinski definition) is 1. The molecule has 4 rings (SSSR count). The molecule has 1 aliphatic carbocycles. The zero-order valence-electron chi connectivity index (χ0n) is 19.7. The van der Waals surface area contributed by atoms with Crippen LogP contribution in [0.3, 0.4) is 0 Å². The van der Waals surface area contributed by atoms with Gasteiger partial charge in [-0.1, -0.05) is 54.4 Å². The van der Waals surface area contributed by atoms with Gasteiger partial charge in [-0.3, -0.25) is 9.59 Å². The fraction of sp³-hybridized carbons (Fsp3) is 0.462. The van der Waals surface area contributed by atoms with Gasteiger partial charge in [-0.05, 0) is 60.6 Å². The maximum atomic E-state index is 14.2. The van der Waals surface area contributed by atoms with Gasteiger partial charge >= 0.3 is 5.97 Å². The SMILES string of the molecule is C[C@]1(CC(=O)O)CC(c2cccc(Cl)c2)[C@@H](c2ccc(Cl)cc2)N(C(CS(C)(=O)=O)C2CC2)C1=O. The Morgan fingerprint density at radius 1 is 1.11 bits per heavy atom. The van der Waals surface area contributed by atoms with E-state index in [4.69, 9.17) is 23.2 Å². The second kappa shape index (κ2) is 9.75. The van der Waals surface area contributed by atoms with Crippen molar-refractivity contribution in [3.63, 3.8) is 0 Å². The summed E-state index contributed by atoms with van der Waals surface area (Å²) in [5.41, 5.74) is 0.497. The van der Waals surface area contributed by atoms with Crippen LogP contribution in [0.15, 0.2) is 48.5 Å². The van der Waals surface area contributed by atoms with Crippen molar-refractivity contribution >= 4 is 44.9 Å². The maximum Gasteiger partial charge on any atom is 0.304 e. The summed E-state index contributed by atoms with van der Waals surface area (Å²) < 4.78 is 25.0. The zero-order valence-corrected chi connectivity index (χ0v) is 22.0. The smallest absolute Gasteiger partial charge is 0.304 e. The average molecular weight is 538 g/mol. The van der Waals surface area contributed by atoms with E-state index < -0.39 is 33.3 Å². The molecule has 0 bridgehead atoms. The van der Waals surface area contributed by atoms with Gasteiger partial charge in [0.05, 0.1) is 23.6 Å². The molecule has 35 heavy (non-hydrogen) atoms. The van der Waals surface area contributed by atoms with Crippen molar-refractivity contribution in [2.45, 2.75) is 50.6 Å². The van der Waals surface area contributed by atoms with E-state index in [0.717, 1.165) is 24.0 Å². The number of rotatable bonds is 8. The molecule has 0 radical (unpaired) electrons. The molecule has 1 saturated heterocycles. The molecule has 188 valence electrons. The number of amides is 1. The van der Waals surface area contributed by atoms with Crippen LogP contribution >= 0.6 is 23.2 Å². The van der Waals surface area contributed by atoms with Crippen LogP contribution in [-0.2, 0) is 19.4 Å². The van der Waals surface area contributed by atoms with Crippen LogP contribution in [0.25, 0.3) is 0 Å². The van der Waals surface area contributed by atoms with Crippen LogP contribution in [-0.4, -0.2) is 48.4 Å². The van der Waals surface area contributed by atoms with Crippen molar-refractivity contribution in [1.29, 1.82) is 0 Å². The summed E-state index contributed by atoms with van der Waals surface area (Å²) in [7, 11) is -3.42. The van der Waals surface area contributed by atoms with E-state index in [-0.39, 0.29) is 29.9 Å². The summed E-state index contributed by atoms with van der Waals surface area (Å²) in [6.45, 7) is 1.68. The number of nitrogens with zero attached hydrogens (tertiary/aromatic N) is 1. The molecule has 6 nitrogen and oxygen atoms in total. The van der Waals surface area contributed by atoms with E-state index in [1.807, 2.05) is 30.3 Å². The van der Waals surface area contributed by atoms with Crippen molar-refractivity contribution < 1.29 is 23.1 Å². The largest absolute Gasteiger partial charge is 0.481 e. The average Bonchev–Trinajstić information content (AvgIpc) is 3.59. The van der Waals surface area contributed by atoms with Crippen molar-refractivity contribution in [3.05, 3.63) is 69.7 Å². The molecular formula is C26H29Cl2NO5S. The lowest BCUT2D eigenvalue weighted by atomic mass is 9.67. The zero-order chi connectivity index (χ0) is 25.5. The molecule has 2 aliphatic rings. The quantitative estimate of drug-likeness (QED) is 0.489. The third-order valence-corrected chi connectivity index (χ3v) is 8.56. The second-order valence-corrected chi connectivity index (χ2v) is 13.3. The molecule has 0 aromatic heterocycles. The van der Waals surface area contributed by atoms with Gasteiger partial charge in [-0.25, -0.2) is 8.42 Å². The number of carbonyl (C=O) groups excluding carboxylic acids is 1. The minimum Gasteiger partial charge on any atom is -0.481 e. The topological polar surface area (TPSA) is 91.8 Å². The second-order valence-electron chi connectivity index (χ2n) is 10.2. The lowest BCUT2D eigenvalue weighted by Crippen LogP contribution is -2.58. The van der Waals surface area contributed by atoms with E-state index in [1.54, 1.807) is 30.0 Å². The number of carbonyl (C=O) groups is 2. The first-order valence-corrected chi connectivity index (χ1v) is 14.4. The normalized spacial score (nSPS) is 25.9. The molecule has 9 heteroatoms. The van der Waals surface area contributed by atoms with Gasteiger partial charge in [0.25, 0.3) is 0 Å². The third-order valence-electron chi connectivity index (χ3n) is 7.13. The summed E-state index contributed by atoms with van der Waals surface area (Å²) in [6, 6.07) is 13.5. The van der Waals surface area contributed by atoms with Gasteiger partial charge in [0.1, 0.15) is 9.84 Å². The summed E-state index contributed by atoms with van der Waals surface area (Å²) in [5.74, 6) is -1.80. The standard InChI is InChI=1S/C26H29Cl2NO5S/c1-26(14-23(30)31)13-21(18-4-3-5-20(28)12-18)24(17-8-10-19(27)11-9-17)29(25(26)32)22(16-6-7-16)15-35(2,33)34/h3-5,8-12,16,21-22,24H,6-7,13-15H2,1-2H3,(H,30,31)/t21?,22?,24-,26-/m1/s1. The molecule has 1 saturated carbocycles. The predicted octanol–water partition coefficient (Wildman–Crippen LogP) is 5.35. The van der Waals surface area contributed by atoms with Crippen LogP contribution in [0.4, 0.5) is 0 Å². The number of hydrogen-bond acceptors (Lipinski definition) is 4. The molecule has 4 atom stereocenters. The molecule has 2 aromatic rings. The molecule has 0 spiro atoms. The van der Waals surface area contributed by atoms with Gasteiger partial charge in [0.2, 0.25) is 5.91 Å². The molecule has 1 heterocycles. The van der Waals surface area contributed by atoms with Crippen molar-refractivity contribution in [1.82, 2.24) is 4.90 Å². The Hall–Kier alpha value is -2.09. The Morgan fingerprint density at radius 3 is 2.31 bits per heavy atom. The number of benzene rings is 2. The molecule has 2 fully saturated rings. The molecular weight excluding hydrogens is 509 g/mol. The summed E-state index contributed by atoms with van der Waals surface area (Å²) in [4.78, 5) is 27.7. The molecule has 1 amide bonds. The van der Waals surface area contributed by atoms with Gasteiger partial charge < -0.3 is 10.0 Å². The molecule has 1 aliphatic heterocycles. The van der Waals surface area contributed by atoms with Gasteiger partial charge in [-0.15, -0.1) is 0 Å². The maximum absolute atomic E-state index is 14.2. The molecule has 2 aromatic carbocycles. The van der Waals surface area contributed by atoms with E-state index >= 15 is 0 Å². The number of halogens is 2. The van der Waals surface area contributed by atoms with Crippen LogP contribution in [0, 0.1) is 11.3 Å². The Labute approximate surface area is 216 Å². The number of piperidine rings is 1. The van der Waals surface area contributed by atoms with Crippen LogP contribution in [0.1, 0.15) is 55.7 Å². The van der Waals surface area contributed by atoms with Crippen molar-refractivity contribution in [3.8, 4) is 0 Å². The van der Waals surface area contributed by atoms with E-state index in [1.165, 1.54) is 6.26 Å². The van der Waals surface area contributed by atoms with Crippen molar-refractivity contribution in [2.24, 2.45) is 11.3 Å². The van der Waals surface area contributed by atoms with Gasteiger partial charge in [-0.2, -0.15) is 0 Å². The van der Waals surface area contributed by atoms with Crippen LogP contribution in [0.5, 0.6) is 0 Å². The highest BCUT2D eigenvalue weighted by atomic mass is 35.5. The lowest BCUT2D eigenvalue weighted by Gasteiger charge is -2.52. The fourth-order valence-electron chi connectivity index (χ4n) is 5.48. The van der Waals surface area contributed by atoms with E-state index in [9.17, 15) is 23.1 Å². The number of carboxylic acid groups (broad SMARTS) is 1. The molecule has 1 N–H and O–H groups in total. The highest BCUT2D eigenvalue weighted by Gasteiger charge is 2.54. The Kier molecular flexibility index (Phi) is 7.24. The Bertz CT molecular complexity index is 1230. The Morgan fingerprint density at radius 2 is 1.77 bits per heavy atom.